The molecule has 3 aromatic carbocycles. The largest absolute Gasteiger partial charge is 0.481 e. The van der Waals surface area contributed by atoms with Gasteiger partial charge in [0, 0.05) is 30.4 Å². The molecule has 8 nitrogen and oxygen atoms in total. The summed E-state index contributed by atoms with van der Waals surface area (Å²) >= 11 is 0. The van der Waals surface area contributed by atoms with E-state index in [0.29, 0.717) is 40.2 Å². The van der Waals surface area contributed by atoms with E-state index >= 15 is 0 Å². The van der Waals surface area contributed by atoms with E-state index < -0.39 is 11.8 Å². The molecule has 0 saturated heterocycles. The lowest BCUT2D eigenvalue weighted by molar-refractivity contribution is -0.137. The Labute approximate surface area is 220 Å². The number of benzene rings is 3. The third kappa shape index (κ3) is 6.07. The van der Waals surface area contributed by atoms with E-state index in [1.54, 1.807) is 22.9 Å². The van der Waals surface area contributed by atoms with Crippen molar-refractivity contribution < 1.29 is 23.9 Å². The number of carboxylic acids is 1. The monoisotopic (exact) mass is 516 g/mol. The van der Waals surface area contributed by atoms with Gasteiger partial charge in [-0.15, -0.1) is 0 Å². The minimum atomic E-state index is -0.873. The van der Waals surface area contributed by atoms with Crippen molar-refractivity contribution in [2.24, 2.45) is 0 Å². The minimum Gasteiger partial charge on any atom is -0.481 e. The standard InChI is InChI=1S/C29H29FN4O4/c1-33(2)17-25(35)34(3)22-12-10-21(11-13-22)31-28(19-7-4-18(5-8-19)6-15-26(36)37)27-23-14-9-20(30)16-24(23)32-29(27)38/h4-5,7-14,16,31H,6,15,17H2,1-3H3,(H,32,38)(H,36,37). The maximum atomic E-state index is 13.8. The fourth-order valence-electron chi connectivity index (χ4n) is 4.19. The molecule has 1 aliphatic rings. The van der Waals surface area contributed by atoms with E-state index in [9.17, 15) is 18.8 Å². The molecule has 0 radical (unpaired) electrons. The van der Waals surface area contributed by atoms with Gasteiger partial charge < -0.3 is 25.5 Å². The molecular formula is C29H29FN4O4. The first-order valence-electron chi connectivity index (χ1n) is 12.1. The normalized spacial score (nSPS) is 13.7. The van der Waals surface area contributed by atoms with Crippen LogP contribution in [0.5, 0.6) is 0 Å². The SMILES string of the molecule is CN(C)CC(=O)N(C)c1ccc(NC(=C2C(=O)Nc3cc(F)ccc32)c2ccc(CCC(=O)O)cc2)cc1. The van der Waals surface area contributed by atoms with Crippen molar-refractivity contribution in [1.82, 2.24) is 4.90 Å². The number of aliphatic carboxylic acids is 1. The van der Waals surface area contributed by atoms with E-state index in [0.717, 1.165) is 11.3 Å². The fraction of sp³-hybridized carbons (Fsp3) is 0.207. The lowest BCUT2D eigenvalue weighted by atomic mass is 9.98. The summed E-state index contributed by atoms with van der Waals surface area (Å²) in [5, 5.41) is 15.0. The zero-order valence-electron chi connectivity index (χ0n) is 21.4. The summed E-state index contributed by atoms with van der Waals surface area (Å²) in [5.41, 5.74) is 4.80. The van der Waals surface area contributed by atoms with Gasteiger partial charge >= 0.3 is 5.97 Å². The van der Waals surface area contributed by atoms with Gasteiger partial charge in [-0.3, -0.25) is 14.4 Å². The molecule has 38 heavy (non-hydrogen) atoms. The van der Waals surface area contributed by atoms with Gasteiger partial charge in [0.25, 0.3) is 5.91 Å². The number of amides is 2. The molecule has 3 N–H and O–H groups in total. The average Bonchev–Trinajstić information content (AvgIpc) is 3.20. The number of rotatable bonds is 9. The maximum Gasteiger partial charge on any atom is 0.303 e. The molecule has 9 heteroatoms. The van der Waals surface area contributed by atoms with Crippen LogP contribution in [0.3, 0.4) is 0 Å². The highest BCUT2D eigenvalue weighted by Gasteiger charge is 2.29. The summed E-state index contributed by atoms with van der Waals surface area (Å²) in [7, 11) is 5.38. The van der Waals surface area contributed by atoms with Crippen LogP contribution >= 0.6 is 0 Å². The molecule has 1 heterocycles. The minimum absolute atomic E-state index is 0.0186. The van der Waals surface area contributed by atoms with Crippen molar-refractivity contribution >= 4 is 46.1 Å². The predicted molar refractivity (Wildman–Crippen MR) is 146 cm³/mol. The summed E-state index contributed by atoms with van der Waals surface area (Å²) in [6.45, 7) is 0.282. The molecule has 0 aromatic heterocycles. The van der Waals surface area contributed by atoms with Gasteiger partial charge in [0.1, 0.15) is 5.82 Å². The molecule has 1 aliphatic heterocycles. The number of anilines is 3. The van der Waals surface area contributed by atoms with Crippen molar-refractivity contribution in [2.75, 3.05) is 43.2 Å². The smallest absolute Gasteiger partial charge is 0.303 e. The van der Waals surface area contributed by atoms with Crippen LogP contribution < -0.4 is 15.5 Å². The average molecular weight is 517 g/mol. The Morgan fingerprint density at radius 1 is 0.974 bits per heavy atom. The Morgan fingerprint density at radius 3 is 2.29 bits per heavy atom. The highest BCUT2D eigenvalue weighted by Crippen LogP contribution is 2.38. The van der Waals surface area contributed by atoms with Crippen LogP contribution in [-0.4, -0.2) is 55.5 Å². The number of aryl methyl sites for hydroxylation is 1. The molecule has 0 unspecified atom stereocenters. The number of halogens is 1. The number of fused-ring (bicyclic) bond motifs is 1. The Kier molecular flexibility index (Phi) is 7.87. The molecule has 196 valence electrons. The molecule has 0 aliphatic carbocycles. The first-order valence-corrected chi connectivity index (χ1v) is 12.1. The summed E-state index contributed by atoms with van der Waals surface area (Å²) in [4.78, 5) is 39.8. The van der Waals surface area contributed by atoms with Crippen LogP contribution in [0.4, 0.5) is 21.5 Å². The fourth-order valence-corrected chi connectivity index (χ4v) is 4.19. The number of carboxylic acid groups (broad SMARTS) is 1. The number of carbonyl (C=O) groups excluding carboxylic acids is 2. The van der Waals surface area contributed by atoms with Crippen molar-refractivity contribution in [3.05, 3.63) is 89.2 Å². The number of carbonyl (C=O) groups is 3. The number of likely N-dealkylation sites (N-methyl/N-ethyl adjacent to an activating group) is 2. The van der Waals surface area contributed by atoms with Crippen LogP contribution in [0, 0.1) is 5.82 Å². The molecule has 2 amide bonds. The second-order valence-corrected chi connectivity index (χ2v) is 9.35. The maximum absolute atomic E-state index is 13.8. The van der Waals surface area contributed by atoms with Gasteiger partial charge in [0.15, 0.2) is 0 Å². The van der Waals surface area contributed by atoms with Crippen LogP contribution in [-0.2, 0) is 20.8 Å². The molecule has 0 atom stereocenters. The van der Waals surface area contributed by atoms with Crippen LogP contribution in [0.25, 0.3) is 11.3 Å². The molecular weight excluding hydrogens is 487 g/mol. The molecule has 0 fully saturated rings. The van der Waals surface area contributed by atoms with E-state index in [1.165, 1.54) is 12.1 Å². The third-order valence-corrected chi connectivity index (χ3v) is 6.20. The van der Waals surface area contributed by atoms with E-state index in [1.807, 2.05) is 62.6 Å². The third-order valence-electron chi connectivity index (χ3n) is 6.20. The first kappa shape index (κ1) is 26.6. The van der Waals surface area contributed by atoms with Gasteiger partial charge in [0.2, 0.25) is 5.91 Å². The number of nitrogens with one attached hydrogen (secondary N) is 2. The van der Waals surface area contributed by atoms with Gasteiger partial charge in [-0.2, -0.15) is 0 Å². The summed E-state index contributed by atoms with van der Waals surface area (Å²) in [5.74, 6) is -1.74. The van der Waals surface area contributed by atoms with Gasteiger partial charge in [-0.05, 0) is 74.1 Å². The first-order chi connectivity index (χ1) is 18.1. The highest BCUT2D eigenvalue weighted by atomic mass is 19.1. The predicted octanol–water partition coefficient (Wildman–Crippen LogP) is 4.30. The Balaban J connectivity index is 1.70. The van der Waals surface area contributed by atoms with Crippen molar-refractivity contribution in [3.63, 3.8) is 0 Å². The topological polar surface area (TPSA) is 102 Å². The molecule has 0 spiro atoms. The highest BCUT2D eigenvalue weighted by molar-refractivity contribution is 6.37. The van der Waals surface area contributed by atoms with Crippen molar-refractivity contribution in [1.29, 1.82) is 0 Å². The number of nitrogens with zero attached hydrogens (tertiary/aromatic N) is 2. The zero-order valence-corrected chi connectivity index (χ0v) is 21.4. The summed E-state index contributed by atoms with van der Waals surface area (Å²) in [6, 6.07) is 18.7. The molecule has 0 bridgehead atoms. The van der Waals surface area contributed by atoms with Gasteiger partial charge in [0.05, 0.1) is 23.5 Å². The second kappa shape index (κ2) is 11.3. The Hall–Kier alpha value is -4.50. The van der Waals surface area contributed by atoms with E-state index in [-0.39, 0.29) is 24.8 Å². The van der Waals surface area contributed by atoms with E-state index in [4.69, 9.17) is 5.11 Å². The molecule has 4 rings (SSSR count). The van der Waals surface area contributed by atoms with E-state index in [2.05, 4.69) is 10.6 Å². The summed E-state index contributed by atoms with van der Waals surface area (Å²) in [6.07, 6.45) is 0.407. The lowest BCUT2D eigenvalue weighted by Crippen LogP contribution is -2.34. The molecule has 0 saturated carbocycles. The van der Waals surface area contributed by atoms with Gasteiger partial charge in [-0.1, -0.05) is 24.3 Å². The lowest BCUT2D eigenvalue weighted by Gasteiger charge is -2.20. The van der Waals surface area contributed by atoms with Crippen molar-refractivity contribution in [2.45, 2.75) is 12.8 Å². The zero-order chi connectivity index (χ0) is 27.4. The van der Waals surface area contributed by atoms with Crippen LogP contribution in [0.1, 0.15) is 23.1 Å². The Bertz CT molecular complexity index is 1400. The van der Waals surface area contributed by atoms with Crippen LogP contribution in [0.2, 0.25) is 0 Å². The second-order valence-electron chi connectivity index (χ2n) is 9.35. The summed E-state index contributed by atoms with van der Waals surface area (Å²) < 4.78 is 13.8. The van der Waals surface area contributed by atoms with Crippen LogP contribution in [0.15, 0.2) is 66.7 Å². The Morgan fingerprint density at radius 2 is 1.66 bits per heavy atom. The van der Waals surface area contributed by atoms with Gasteiger partial charge in [-0.25, -0.2) is 4.39 Å². The molecule has 3 aromatic rings. The number of hydrogen-bond acceptors (Lipinski definition) is 5. The van der Waals surface area contributed by atoms with Crippen molar-refractivity contribution in [3.8, 4) is 0 Å². The quantitative estimate of drug-likeness (QED) is 0.367. The number of hydrogen-bond donors (Lipinski definition) is 3.